The van der Waals surface area contributed by atoms with Crippen LogP contribution in [0.5, 0.6) is 5.75 Å². The zero-order chi connectivity index (χ0) is 17.0. The Morgan fingerprint density at radius 2 is 2.04 bits per heavy atom. The van der Waals surface area contributed by atoms with Crippen molar-refractivity contribution in [2.45, 2.75) is 33.6 Å². The lowest BCUT2D eigenvalue weighted by Gasteiger charge is -2.20. The lowest BCUT2D eigenvalue weighted by atomic mass is 10.0. The Hall–Kier alpha value is -2.01. The van der Waals surface area contributed by atoms with E-state index in [9.17, 15) is 4.79 Å². The predicted molar refractivity (Wildman–Crippen MR) is 92.3 cm³/mol. The molecule has 1 heterocycles. The summed E-state index contributed by atoms with van der Waals surface area (Å²) in [5.41, 5.74) is 2.99. The Morgan fingerprint density at radius 3 is 2.61 bits per heavy atom. The molecule has 2 rings (SSSR count). The van der Waals surface area contributed by atoms with Gasteiger partial charge < -0.3 is 14.7 Å². The van der Waals surface area contributed by atoms with Gasteiger partial charge in [-0.1, -0.05) is 0 Å². The standard InChI is InChI=1S/C18H26N2O3/c1-5-19(6-2)18(22)20-10-9-15-14(8-7-11-21)16(23-4)12-13(3)17(15)20/h9-10,12,21H,5-8,11H2,1-4H3. The van der Waals surface area contributed by atoms with Crippen LogP contribution in [0.1, 0.15) is 31.4 Å². The Bertz CT molecular complexity index is 687. The molecule has 23 heavy (non-hydrogen) atoms. The highest BCUT2D eigenvalue weighted by Crippen LogP contribution is 2.33. The fourth-order valence-electron chi connectivity index (χ4n) is 3.06. The van der Waals surface area contributed by atoms with Gasteiger partial charge in [-0.2, -0.15) is 0 Å². The molecule has 5 nitrogen and oxygen atoms in total. The van der Waals surface area contributed by atoms with E-state index >= 15 is 0 Å². The summed E-state index contributed by atoms with van der Waals surface area (Å²) in [6, 6.07) is 3.94. The highest BCUT2D eigenvalue weighted by atomic mass is 16.5. The van der Waals surface area contributed by atoms with Crippen molar-refractivity contribution in [2.24, 2.45) is 0 Å². The number of ether oxygens (including phenoxy) is 1. The molecule has 0 saturated carbocycles. The molecular formula is C18H26N2O3. The molecule has 1 N–H and O–H groups in total. The van der Waals surface area contributed by atoms with Crippen molar-refractivity contribution in [3.63, 3.8) is 0 Å². The number of hydrogen-bond acceptors (Lipinski definition) is 3. The van der Waals surface area contributed by atoms with E-state index in [0.29, 0.717) is 19.5 Å². The number of aryl methyl sites for hydroxylation is 2. The van der Waals surface area contributed by atoms with Gasteiger partial charge in [-0.05, 0) is 51.3 Å². The molecule has 0 radical (unpaired) electrons. The summed E-state index contributed by atoms with van der Waals surface area (Å²) in [7, 11) is 1.65. The number of methoxy groups -OCH3 is 1. The molecule has 5 heteroatoms. The van der Waals surface area contributed by atoms with Crippen molar-refractivity contribution in [3.05, 3.63) is 29.5 Å². The van der Waals surface area contributed by atoms with E-state index in [0.717, 1.165) is 34.2 Å². The molecule has 0 aliphatic heterocycles. The molecule has 0 aliphatic carbocycles. The molecule has 1 aromatic carbocycles. The fourth-order valence-corrected chi connectivity index (χ4v) is 3.06. The van der Waals surface area contributed by atoms with Gasteiger partial charge in [0.15, 0.2) is 0 Å². The Morgan fingerprint density at radius 1 is 1.35 bits per heavy atom. The molecule has 0 aliphatic rings. The number of fused-ring (bicyclic) bond motifs is 1. The van der Waals surface area contributed by atoms with Crippen LogP contribution in [0.2, 0.25) is 0 Å². The van der Waals surface area contributed by atoms with Crippen LogP contribution in [0, 0.1) is 6.92 Å². The quantitative estimate of drug-likeness (QED) is 0.890. The van der Waals surface area contributed by atoms with Crippen molar-refractivity contribution >= 4 is 16.9 Å². The van der Waals surface area contributed by atoms with Crippen LogP contribution in [0.4, 0.5) is 4.79 Å². The first-order valence-corrected chi connectivity index (χ1v) is 8.16. The highest BCUT2D eigenvalue weighted by Gasteiger charge is 2.19. The number of aliphatic hydroxyl groups excluding tert-OH is 1. The van der Waals surface area contributed by atoms with Crippen LogP contribution in [-0.4, -0.2) is 47.4 Å². The molecule has 0 unspecified atom stereocenters. The smallest absolute Gasteiger partial charge is 0.328 e. The topological polar surface area (TPSA) is 54.7 Å². The zero-order valence-electron chi connectivity index (χ0n) is 14.4. The molecular weight excluding hydrogens is 292 g/mol. The number of hydrogen-bond donors (Lipinski definition) is 1. The largest absolute Gasteiger partial charge is 0.496 e. The molecule has 0 bridgehead atoms. The maximum absolute atomic E-state index is 12.7. The van der Waals surface area contributed by atoms with Crippen LogP contribution >= 0.6 is 0 Å². The van der Waals surface area contributed by atoms with Gasteiger partial charge in [0.25, 0.3) is 0 Å². The molecule has 0 atom stereocenters. The summed E-state index contributed by atoms with van der Waals surface area (Å²) < 4.78 is 7.23. The van der Waals surface area contributed by atoms with Crippen LogP contribution in [0.15, 0.2) is 18.3 Å². The summed E-state index contributed by atoms with van der Waals surface area (Å²) in [5.74, 6) is 0.816. The van der Waals surface area contributed by atoms with Gasteiger partial charge in [0.05, 0.1) is 12.6 Å². The average molecular weight is 318 g/mol. The van der Waals surface area contributed by atoms with Gasteiger partial charge in [-0.15, -0.1) is 0 Å². The Balaban J connectivity index is 2.61. The lowest BCUT2D eigenvalue weighted by Crippen LogP contribution is -2.34. The molecule has 0 fully saturated rings. The van der Waals surface area contributed by atoms with Crippen molar-refractivity contribution in [1.82, 2.24) is 9.47 Å². The highest BCUT2D eigenvalue weighted by molar-refractivity contribution is 5.96. The third kappa shape index (κ3) is 3.20. The predicted octanol–water partition coefficient (Wildman–Crippen LogP) is 3.19. The first-order chi connectivity index (χ1) is 11.1. The van der Waals surface area contributed by atoms with E-state index in [2.05, 4.69) is 0 Å². The number of benzene rings is 1. The van der Waals surface area contributed by atoms with Gasteiger partial charge in [0, 0.05) is 36.8 Å². The van der Waals surface area contributed by atoms with E-state index < -0.39 is 0 Å². The Labute approximate surface area is 137 Å². The third-order valence-corrected chi connectivity index (χ3v) is 4.27. The minimum atomic E-state index is -0.00799. The van der Waals surface area contributed by atoms with Gasteiger partial charge in [-0.3, -0.25) is 4.57 Å². The molecule has 0 spiro atoms. The number of aromatic nitrogens is 1. The maximum atomic E-state index is 12.7. The van der Waals surface area contributed by atoms with Crippen molar-refractivity contribution in [2.75, 3.05) is 26.8 Å². The van der Waals surface area contributed by atoms with Crippen molar-refractivity contribution < 1.29 is 14.6 Å². The maximum Gasteiger partial charge on any atom is 0.328 e. The Kier molecular flexibility index (Phi) is 5.66. The fraction of sp³-hybridized carbons (Fsp3) is 0.500. The number of nitrogens with zero attached hydrogens (tertiary/aromatic N) is 2. The molecule has 1 aromatic heterocycles. The summed E-state index contributed by atoms with van der Waals surface area (Å²) in [4.78, 5) is 14.5. The van der Waals surface area contributed by atoms with E-state index in [1.165, 1.54) is 0 Å². The van der Waals surface area contributed by atoms with Crippen LogP contribution in [0.3, 0.4) is 0 Å². The number of carbonyl (C=O) groups excluding carboxylic acids is 1. The first kappa shape index (κ1) is 17.3. The van der Waals surface area contributed by atoms with Crippen molar-refractivity contribution in [3.8, 4) is 5.75 Å². The number of carbonyl (C=O) groups is 1. The summed E-state index contributed by atoms with van der Waals surface area (Å²) in [6.45, 7) is 7.46. The summed E-state index contributed by atoms with van der Waals surface area (Å²) in [6.07, 6.45) is 3.23. The molecule has 0 saturated heterocycles. The molecule has 2 aromatic rings. The number of amides is 1. The summed E-state index contributed by atoms with van der Waals surface area (Å²) in [5, 5.41) is 10.2. The molecule has 126 valence electrons. The monoisotopic (exact) mass is 318 g/mol. The minimum Gasteiger partial charge on any atom is -0.496 e. The van der Waals surface area contributed by atoms with Gasteiger partial charge in [-0.25, -0.2) is 4.79 Å². The van der Waals surface area contributed by atoms with Crippen LogP contribution in [-0.2, 0) is 6.42 Å². The van der Waals surface area contributed by atoms with E-state index in [-0.39, 0.29) is 12.6 Å². The first-order valence-electron chi connectivity index (χ1n) is 8.16. The minimum absolute atomic E-state index is 0.00799. The zero-order valence-corrected chi connectivity index (χ0v) is 14.4. The van der Waals surface area contributed by atoms with Gasteiger partial charge in [0.2, 0.25) is 0 Å². The normalized spacial score (nSPS) is 11.0. The second kappa shape index (κ2) is 7.51. The summed E-state index contributed by atoms with van der Waals surface area (Å²) >= 11 is 0. The third-order valence-electron chi connectivity index (χ3n) is 4.27. The van der Waals surface area contributed by atoms with Crippen molar-refractivity contribution in [1.29, 1.82) is 0 Å². The number of aliphatic hydroxyl groups is 1. The number of rotatable bonds is 6. The molecule has 1 amide bonds. The second-order valence-electron chi connectivity index (χ2n) is 5.60. The van der Waals surface area contributed by atoms with Crippen LogP contribution < -0.4 is 4.74 Å². The SMILES string of the molecule is CCN(CC)C(=O)n1ccc2c(CCCO)c(OC)cc(C)c21. The van der Waals surface area contributed by atoms with E-state index in [4.69, 9.17) is 9.84 Å². The average Bonchev–Trinajstić information content (AvgIpc) is 3.00. The van der Waals surface area contributed by atoms with E-state index in [1.807, 2.05) is 39.1 Å². The lowest BCUT2D eigenvalue weighted by molar-refractivity contribution is 0.206. The van der Waals surface area contributed by atoms with Gasteiger partial charge >= 0.3 is 6.03 Å². The van der Waals surface area contributed by atoms with Gasteiger partial charge in [0.1, 0.15) is 5.75 Å². The second-order valence-corrected chi connectivity index (χ2v) is 5.60. The van der Waals surface area contributed by atoms with E-state index in [1.54, 1.807) is 16.6 Å². The van der Waals surface area contributed by atoms with Crippen LogP contribution in [0.25, 0.3) is 10.9 Å².